The molecule has 2 aromatic carbocycles. The van der Waals surface area contributed by atoms with Gasteiger partial charge in [-0.15, -0.1) is 0 Å². The predicted molar refractivity (Wildman–Crippen MR) is 174 cm³/mol. The van der Waals surface area contributed by atoms with Gasteiger partial charge in [0.15, 0.2) is 0 Å². The zero-order valence-corrected chi connectivity index (χ0v) is 26.6. The summed E-state index contributed by atoms with van der Waals surface area (Å²) < 4.78 is 20.5. The molecule has 248 valence electrons. The molecular weight excluding hydrogens is 592 g/mol. The Morgan fingerprint density at radius 1 is 0.652 bits per heavy atom. The molecule has 2 aliphatic heterocycles. The molecule has 12 nitrogen and oxygen atoms in total. The van der Waals surface area contributed by atoms with Crippen LogP contribution in [0.2, 0.25) is 0 Å². The van der Waals surface area contributed by atoms with Crippen molar-refractivity contribution in [1.82, 2.24) is 9.80 Å². The first kappa shape index (κ1) is 34.8. The van der Waals surface area contributed by atoms with Crippen molar-refractivity contribution in [3.63, 3.8) is 0 Å². The Hall–Kier alpha value is -4.10. The van der Waals surface area contributed by atoms with Crippen molar-refractivity contribution in [2.24, 2.45) is 0 Å². The van der Waals surface area contributed by atoms with E-state index in [0.717, 1.165) is 24.0 Å². The van der Waals surface area contributed by atoms with Gasteiger partial charge in [-0.1, -0.05) is 36.4 Å². The molecule has 2 saturated heterocycles. The number of nitrogens with zero attached hydrogens (tertiary/aromatic N) is 2. The lowest BCUT2D eigenvalue weighted by molar-refractivity contribution is -0.141. The summed E-state index contributed by atoms with van der Waals surface area (Å²) in [6.45, 7) is 2.40. The van der Waals surface area contributed by atoms with Crippen LogP contribution in [0.1, 0.15) is 36.8 Å². The van der Waals surface area contributed by atoms with Gasteiger partial charge in [0.1, 0.15) is 25.3 Å². The summed E-state index contributed by atoms with van der Waals surface area (Å²) in [5.41, 5.74) is 3.19. The van der Waals surface area contributed by atoms with Crippen LogP contribution in [-0.4, -0.2) is 112 Å². The van der Waals surface area contributed by atoms with Crippen LogP contribution >= 0.6 is 0 Å². The van der Waals surface area contributed by atoms with Crippen LogP contribution in [0.5, 0.6) is 0 Å². The minimum Gasteiger partial charge on any atom is -0.382 e. The highest BCUT2D eigenvalue weighted by molar-refractivity contribution is 5.98. The van der Waals surface area contributed by atoms with E-state index in [2.05, 4.69) is 10.6 Å². The molecule has 0 spiro atoms. The quantitative estimate of drug-likeness (QED) is 0.212. The number of hydrogen-bond donors (Lipinski definition) is 2. The average Bonchev–Trinajstić information content (AvgIpc) is 3.77. The summed E-state index contributed by atoms with van der Waals surface area (Å²) in [6.07, 6.45) is 6.68. The van der Waals surface area contributed by atoms with Gasteiger partial charge in [0.25, 0.3) is 0 Å². The van der Waals surface area contributed by atoms with Crippen molar-refractivity contribution in [3.8, 4) is 0 Å². The highest BCUT2D eigenvalue weighted by Crippen LogP contribution is 2.22. The van der Waals surface area contributed by atoms with Crippen LogP contribution in [0.15, 0.2) is 48.5 Å². The van der Waals surface area contributed by atoms with Gasteiger partial charge < -0.3 is 39.4 Å². The van der Waals surface area contributed by atoms with Crippen molar-refractivity contribution in [2.75, 3.05) is 77.6 Å². The Balaban J connectivity index is 1.24. The Morgan fingerprint density at radius 3 is 1.41 bits per heavy atom. The van der Waals surface area contributed by atoms with Crippen molar-refractivity contribution in [2.45, 2.75) is 37.8 Å². The second-order valence-electron chi connectivity index (χ2n) is 11.1. The van der Waals surface area contributed by atoms with Crippen LogP contribution in [0.25, 0.3) is 12.2 Å². The first-order valence-electron chi connectivity index (χ1n) is 15.6. The van der Waals surface area contributed by atoms with E-state index in [9.17, 15) is 19.2 Å². The summed E-state index contributed by atoms with van der Waals surface area (Å²) in [4.78, 5) is 54.1. The van der Waals surface area contributed by atoms with Crippen LogP contribution in [0, 0.1) is 0 Å². The molecule has 0 radical (unpaired) electrons. The molecule has 0 saturated carbocycles. The van der Waals surface area contributed by atoms with Crippen LogP contribution in [0.4, 0.5) is 11.4 Å². The van der Waals surface area contributed by atoms with Crippen molar-refractivity contribution in [3.05, 3.63) is 59.7 Å². The zero-order chi connectivity index (χ0) is 32.7. The maximum atomic E-state index is 12.9. The monoisotopic (exact) mass is 636 g/mol. The lowest BCUT2D eigenvalue weighted by atomic mass is 10.1. The van der Waals surface area contributed by atoms with Gasteiger partial charge in [-0.2, -0.15) is 0 Å². The fourth-order valence-electron chi connectivity index (χ4n) is 5.44. The molecule has 0 aliphatic carbocycles. The van der Waals surface area contributed by atoms with E-state index in [1.165, 1.54) is 0 Å². The van der Waals surface area contributed by atoms with Gasteiger partial charge >= 0.3 is 0 Å². The summed E-state index contributed by atoms with van der Waals surface area (Å²) in [5, 5.41) is 5.85. The van der Waals surface area contributed by atoms with E-state index in [-0.39, 0.29) is 36.8 Å². The molecule has 0 aromatic heterocycles. The number of amides is 4. The third-order valence-corrected chi connectivity index (χ3v) is 7.89. The normalized spacial score (nSPS) is 17.9. The molecule has 0 unspecified atom stereocenters. The molecule has 2 heterocycles. The number of rotatable bonds is 16. The summed E-state index contributed by atoms with van der Waals surface area (Å²) >= 11 is 0. The smallest absolute Gasteiger partial charge is 0.249 e. The Kier molecular flexibility index (Phi) is 13.7. The minimum absolute atomic E-state index is 0.0700. The van der Waals surface area contributed by atoms with Crippen molar-refractivity contribution < 1.29 is 38.1 Å². The highest BCUT2D eigenvalue weighted by atomic mass is 16.5. The lowest BCUT2D eigenvalue weighted by Crippen LogP contribution is -2.44. The van der Waals surface area contributed by atoms with E-state index in [0.29, 0.717) is 63.7 Å². The molecule has 2 atom stereocenters. The Bertz CT molecular complexity index is 1230. The first-order chi connectivity index (χ1) is 22.4. The molecule has 0 bridgehead atoms. The SMILES string of the molecule is COCCOCC(=O)N1CCC[C@H]1C(=O)Nc1ccc(/C=C/c2ccc(NC(=O)[C@@H]3CCCN3C(=O)COCCOC)cc2)cc1. The largest absolute Gasteiger partial charge is 0.382 e. The highest BCUT2D eigenvalue weighted by Gasteiger charge is 2.35. The molecule has 2 N–H and O–H groups in total. The lowest BCUT2D eigenvalue weighted by Gasteiger charge is -2.24. The van der Waals surface area contributed by atoms with E-state index in [1.807, 2.05) is 60.7 Å². The van der Waals surface area contributed by atoms with Gasteiger partial charge in [-0.25, -0.2) is 0 Å². The van der Waals surface area contributed by atoms with Gasteiger partial charge in [-0.05, 0) is 61.1 Å². The fraction of sp³-hybridized carbons (Fsp3) is 0.471. The maximum Gasteiger partial charge on any atom is 0.249 e. The molecular formula is C34H44N4O8. The topological polar surface area (TPSA) is 136 Å². The Labute approximate surface area is 270 Å². The maximum absolute atomic E-state index is 12.9. The second kappa shape index (κ2) is 18.1. The van der Waals surface area contributed by atoms with Crippen LogP contribution < -0.4 is 10.6 Å². The van der Waals surface area contributed by atoms with E-state index in [4.69, 9.17) is 18.9 Å². The third-order valence-electron chi connectivity index (χ3n) is 7.89. The van der Waals surface area contributed by atoms with Crippen molar-refractivity contribution >= 4 is 47.2 Å². The average molecular weight is 637 g/mol. The fourth-order valence-corrected chi connectivity index (χ4v) is 5.44. The minimum atomic E-state index is -0.517. The number of carbonyl (C=O) groups excluding carboxylic acids is 4. The van der Waals surface area contributed by atoms with E-state index >= 15 is 0 Å². The number of carbonyl (C=O) groups is 4. The molecule has 2 fully saturated rings. The summed E-state index contributed by atoms with van der Waals surface area (Å²) in [7, 11) is 3.14. The molecule has 2 aromatic rings. The second-order valence-corrected chi connectivity index (χ2v) is 11.1. The molecule has 46 heavy (non-hydrogen) atoms. The number of methoxy groups -OCH3 is 2. The van der Waals surface area contributed by atoms with E-state index < -0.39 is 12.1 Å². The number of anilines is 2. The van der Waals surface area contributed by atoms with Crippen LogP contribution in [-0.2, 0) is 38.1 Å². The Morgan fingerprint density at radius 2 is 1.04 bits per heavy atom. The number of hydrogen-bond acceptors (Lipinski definition) is 8. The number of ether oxygens (including phenoxy) is 4. The predicted octanol–water partition coefficient (Wildman–Crippen LogP) is 3.04. The first-order valence-corrected chi connectivity index (χ1v) is 15.6. The van der Waals surface area contributed by atoms with Gasteiger partial charge in [0, 0.05) is 38.7 Å². The zero-order valence-electron chi connectivity index (χ0n) is 26.6. The summed E-state index contributed by atoms with van der Waals surface area (Å²) in [5.74, 6) is -0.816. The van der Waals surface area contributed by atoms with Crippen LogP contribution in [0.3, 0.4) is 0 Å². The molecule has 12 heteroatoms. The molecule has 2 aliphatic rings. The van der Waals surface area contributed by atoms with Crippen molar-refractivity contribution in [1.29, 1.82) is 0 Å². The van der Waals surface area contributed by atoms with E-state index in [1.54, 1.807) is 24.0 Å². The number of nitrogens with one attached hydrogen (secondary N) is 2. The summed E-state index contributed by atoms with van der Waals surface area (Å²) in [6, 6.07) is 13.9. The van der Waals surface area contributed by atoms with Gasteiger partial charge in [-0.3, -0.25) is 19.2 Å². The van der Waals surface area contributed by atoms with Gasteiger partial charge in [0.2, 0.25) is 23.6 Å². The molecule has 4 rings (SSSR count). The third kappa shape index (κ3) is 10.2. The van der Waals surface area contributed by atoms with Gasteiger partial charge in [0.05, 0.1) is 26.4 Å². The molecule has 4 amide bonds. The number of benzene rings is 2. The standard InChI is InChI=1S/C34H44N4O8/c1-43-19-21-45-23-31(39)37-17-3-5-29(37)33(41)35-27-13-9-25(10-14-27)7-8-26-11-15-28(16-12-26)36-34(42)30-6-4-18-38(30)32(40)24-46-22-20-44-2/h7-16,29-30H,3-6,17-24H2,1-2H3,(H,35,41)(H,36,42)/b8-7+/t29-,30-/m0/s1. The number of likely N-dealkylation sites (tertiary alicyclic amines) is 2.